The molecule has 0 bridgehead atoms. The van der Waals surface area contributed by atoms with Gasteiger partial charge in [0.1, 0.15) is 30.2 Å². The number of rotatable bonds is 27. The maximum Gasteiger partial charge on any atom is 0.243 e. The van der Waals surface area contributed by atoms with Crippen LogP contribution in [0.25, 0.3) is 0 Å². The van der Waals surface area contributed by atoms with Crippen molar-refractivity contribution >= 4 is 41.4 Å². The molecule has 0 heterocycles. The molecule has 1 rings (SSSR count). The molecule has 0 aromatic carbocycles. The topological polar surface area (TPSA) is 308 Å². The second-order valence-electron chi connectivity index (χ2n) is 15.4. The highest BCUT2D eigenvalue weighted by Gasteiger charge is 2.45. The number of hydrogen-bond acceptors (Lipinski definition) is 11. The van der Waals surface area contributed by atoms with E-state index in [9.17, 15) is 33.6 Å². The van der Waals surface area contributed by atoms with Gasteiger partial charge in [0.25, 0.3) is 0 Å². The number of primary amides is 1. The van der Waals surface area contributed by atoms with Crippen LogP contribution in [0.5, 0.6) is 0 Å². The van der Waals surface area contributed by atoms with Gasteiger partial charge in [0, 0.05) is 12.5 Å². The number of carbonyl (C=O) groups is 7. The van der Waals surface area contributed by atoms with Crippen molar-refractivity contribution in [1.29, 1.82) is 0 Å². The van der Waals surface area contributed by atoms with E-state index >= 15 is 0 Å². The number of nitrogens with one attached hydrogen (secondary N) is 7. The maximum absolute atomic E-state index is 13.5. The van der Waals surface area contributed by atoms with Crippen LogP contribution in [0.1, 0.15) is 86.5 Å². The lowest BCUT2D eigenvalue weighted by Gasteiger charge is -2.26. The first-order chi connectivity index (χ1) is 25.4. The highest BCUT2D eigenvalue weighted by atomic mass is 16.2. The molecule has 1 fully saturated rings. The second kappa shape index (κ2) is 24.5. The predicted molar refractivity (Wildman–Crippen MR) is 206 cm³/mol. The van der Waals surface area contributed by atoms with E-state index < -0.39 is 71.7 Å². The number of carbonyl (C=O) groups excluding carboxylic acids is 7. The second-order valence-corrected chi connectivity index (χ2v) is 15.4. The fourth-order valence-electron chi connectivity index (χ4n) is 6.22. The van der Waals surface area contributed by atoms with Gasteiger partial charge in [-0.25, -0.2) is 0 Å². The summed E-state index contributed by atoms with van der Waals surface area (Å²) in [5.74, 6) is -3.16. The van der Waals surface area contributed by atoms with Gasteiger partial charge in [-0.3, -0.25) is 33.6 Å². The molecule has 0 aromatic heterocycles. The lowest BCUT2D eigenvalue weighted by molar-refractivity contribution is -0.134. The van der Waals surface area contributed by atoms with Crippen LogP contribution < -0.4 is 60.2 Å². The molecule has 0 spiro atoms. The fraction of sp³-hybridized carbons (Fsp3) is 0.806. The van der Waals surface area contributed by atoms with Gasteiger partial charge in [0.2, 0.25) is 41.4 Å². The van der Waals surface area contributed by atoms with Crippen LogP contribution in [0.2, 0.25) is 0 Å². The van der Waals surface area contributed by atoms with Gasteiger partial charge in [0.15, 0.2) is 0 Å². The molecule has 0 saturated heterocycles. The van der Waals surface area contributed by atoms with E-state index in [1.165, 1.54) is 0 Å². The molecule has 1 saturated carbocycles. The Morgan fingerprint density at radius 2 is 0.963 bits per heavy atom. The Balaban J connectivity index is 2.90. The van der Waals surface area contributed by atoms with E-state index in [4.69, 9.17) is 22.9 Å². The largest absolute Gasteiger partial charge is 0.368 e. The molecule has 15 N–H and O–H groups in total. The molecular weight excluding hydrogens is 698 g/mol. The minimum absolute atomic E-state index is 0.000922. The Morgan fingerprint density at radius 1 is 0.556 bits per heavy atom. The van der Waals surface area contributed by atoms with Gasteiger partial charge in [-0.05, 0) is 95.3 Å². The van der Waals surface area contributed by atoms with Gasteiger partial charge >= 0.3 is 0 Å². The third-order valence-electron chi connectivity index (χ3n) is 9.40. The molecule has 8 unspecified atom stereocenters. The summed E-state index contributed by atoms with van der Waals surface area (Å²) in [5.41, 5.74) is 22.7. The summed E-state index contributed by atoms with van der Waals surface area (Å²) in [6.45, 7) is 12.0. The highest BCUT2D eigenvalue weighted by molar-refractivity contribution is 5.95. The van der Waals surface area contributed by atoms with E-state index in [0.29, 0.717) is 12.3 Å². The van der Waals surface area contributed by atoms with Crippen LogP contribution in [0.15, 0.2) is 0 Å². The SMILES string of the molecule is CNC(CCNC(=O)C(CC(C)C)NC(=O)C(CCN)NC(=O)C(CCN)NC(=O)C1CC1C(C)C)C(=O)NC(CCN)C(=O)NC(CC(C)C)C(N)=O. The van der Waals surface area contributed by atoms with Gasteiger partial charge in [0.05, 0.1) is 6.04 Å². The average molecular weight is 768 g/mol. The van der Waals surface area contributed by atoms with Crippen LogP contribution in [0.3, 0.4) is 0 Å². The average Bonchev–Trinajstić information content (AvgIpc) is 3.90. The van der Waals surface area contributed by atoms with Crippen LogP contribution in [-0.4, -0.2) is 111 Å². The number of nitrogens with two attached hydrogens (primary N) is 4. The molecule has 8 atom stereocenters. The van der Waals surface area contributed by atoms with Crippen molar-refractivity contribution in [2.75, 3.05) is 33.2 Å². The monoisotopic (exact) mass is 768 g/mol. The van der Waals surface area contributed by atoms with Gasteiger partial charge in [-0.1, -0.05) is 41.5 Å². The van der Waals surface area contributed by atoms with Crippen molar-refractivity contribution in [3.8, 4) is 0 Å². The molecule has 0 radical (unpaired) electrons. The summed E-state index contributed by atoms with van der Waals surface area (Å²) in [4.78, 5) is 91.0. The van der Waals surface area contributed by atoms with Crippen molar-refractivity contribution in [2.45, 2.75) is 123 Å². The van der Waals surface area contributed by atoms with E-state index in [2.05, 4.69) is 37.2 Å². The minimum atomic E-state index is -1.08. The smallest absolute Gasteiger partial charge is 0.243 e. The van der Waals surface area contributed by atoms with Crippen LogP contribution >= 0.6 is 0 Å². The van der Waals surface area contributed by atoms with Crippen molar-refractivity contribution in [2.24, 2.45) is 52.5 Å². The van der Waals surface area contributed by atoms with Gasteiger partial charge in [-0.2, -0.15) is 0 Å². The standard InChI is InChI=1S/C36H69N11O7/c1-19(2)16-28(30(40)48)46-35(53)26(9-13-38)44-33(51)24(41-7)11-15-42-32(50)29(17-20(3)4)47-36(54)27(10-14-39)45-34(52)25(8-12-37)43-31(49)23-18-22(23)21(5)6/h19-29,41H,8-18,37-39H2,1-7H3,(H2,40,48)(H,42,50)(H,43,49)(H,44,51)(H,45,52)(H,46,53)(H,47,54). The number of likely N-dealkylation sites (N-methyl/N-ethyl adjacent to an activating group) is 1. The first-order valence-corrected chi connectivity index (χ1v) is 19.3. The van der Waals surface area contributed by atoms with Crippen molar-refractivity contribution in [1.82, 2.24) is 37.2 Å². The van der Waals surface area contributed by atoms with E-state index in [-0.39, 0.29) is 87.9 Å². The summed E-state index contributed by atoms with van der Waals surface area (Å²) >= 11 is 0. The van der Waals surface area contributed by atoms with E-state index in [1.807, 2.05) is 41.5 Å². The van der Waals surface area contributed by atoms with Crippen molar-refractivity contribution < 1.29 is 33.6 Å². The molecule has 7 amide bonds. The Bertz CT molecular complexity index is 1250. The quantitative estimate of drug-likeness (QED) is 0.0413. The summed E-state index contributed by atoms with van der Waals surface area (Å²) in [5, 5.41) is 19.1. The Labute approximate surface area is 320 Å². The third kappa shape index (κ3) is 17.1. The van der Waals surface area contributed by atoms with Crippen molar-refractivity contribution in [3.05, 3.63) is 0 Å². The molecule has 18 nitrogen and oxygen atoms in total. The first-order valence-electron chi connectivity index (χ1n) is 19.3. The summed E-state index contributed by atoms with van der Waals surface area (Å²) in [7, 11) is 1.56. The molecule has 310 valence electrons. The van der Waals surface area contributed by atoms with E-state index in [0.717, 1.165) is 6.42 Å². The molecule has 1 aliphatic carbocycles. The zero-order chi connectivity index (χ0) is 41.1. The zero-order valence-corrected chi connectivity index (χ0v) is 33.3. The molecule has 0 aromatic rings. The maximum atomic E-state index is 13.5. The van der Waals surface area contributed by atoms with Crippen LogP contribution in [0, 0.1) is 29.6 Å². The Kier molecular flexibility index (Phi) is 21.9. The van der Waals surface area contributed by atoms with Crippen molar-refractivity contribution in [3.63, 3.8) is 0 Å². The summed E-state index contributed by atoms with van der Waals surface area (Å²) in [6.07, 6.45) is 1.86. The molecule has 1 aliphatic rings. The zero-order valence-electron chi connectivity index (χ0n) is 33.3. The summed E-state index contributed by atoms with van der Waals surface area (Å²) in [6, 6.07) is -5.73. The van der Waals surface area contributed by atoms with Crippen LogP contribution in [0.4, 0.5) is 0 Å². The predicted octanol–water partition coefficient (Wildman–Crippen LogP) is -2.58. The summed E-state index contributed by atoms with van der Waals surface area (Å²) < 4.78 is 0. The highest BCUT2D eigenvalue weighted by Crippen LogP contribution is 2.44. The Morgan fingerprint density at radius 3 is 1.35 bits per heavy atom. The van der Waals surface area contributed by atoms with E-state index in [1.54, 1.807) is 7.05 Å². The lowest BCUT2D eigenvalue weighted by Crippen LogP contribution is -2.58. The first kappa shape index (κ1) is 48.1. The van der Waals surface area contributed by atoms with Gasteiger partial charge < -0.3 is 60.2 Å². The Hall–Kier alpha value is -3.87. The minimum Gasteiger partial charge on any atom is -0.368 e. The van der Waals surface area contributed by atoms with Crippen LogP contribution in [-0.2, 0) is 33.6 Å². The fourth-order valence-corrected chi connectivity index (χ4v) is 6.22. The molecule has 54 heavy (non-hydrogen) atoms. The normalized spacial score (nSPS) is 18.5. The number of hydrogen-bond donors (Lipinski definition) is 11. The molecule has 0 aliphatic heterocycles. The molecule has 18 heteroatoms. The van der Waals surface area contributed by atoms with Gasteiger partial charge in [-0.15, -0.1) is 0 Å². The molecular formula is C36H69N11O7. The lowest BCUT2D eigenvalue weighted by atomic mass is 10.0. The number of amides is 7. The third-order valence-corrected chi connectivity index (χ3v) is 9.40.